The fraction of sp³-hybridized carbons (Fsp3) is 0.412. The summed E-state index contributed by atoms with van der Waals surface area (Å²) in [5.74, 6) is -0.00718. The fourth-order valence-corrected chi connectivity index (χ4v) is 2.42. The molecule has 1 aromatic carbocycles. The van der Waals surface area contributed by atoms with Crippen LogP contribution >= 0.6 is 11.6 Å². The molecule has 0 aliphatic heterocycles. The Labute approximate surface area is 141 Å². The van der Waals surface area contributed by atoms with Gasteiger partial charge in [0.1, 0.15) is 5.69 Å². The highest BCUT2D eigenvalue weighted by molar-refractivity contribution is 6.30. The van der Waals surface area contributed by atoms with Gasteiger partial charge >= 0.3 is 0 Å². The highest BCUT2D eigenvalue weighted by Gasteiger charge is 2.21. The maximum atomic E-state index is 12.4. The molecule has 2 aromatic rings. The molecule has 124 valence electrons. The number of hydrogen-bond donors (Lipinski definition) is 2. The molecule has 0 spiro atoms. The van der Waals surface area contributed by atoms with Crippen molar-refractivity contribution in [3.05, 3.63) is 52.3 Å². The number of rotatable bonds is 5. The predicted octanol–water partition coefficient (Wildman–Crippen LogP) is 3.05. The monoisotopic (exact) mass is 335 g/mol. The van der Waals surface area contributed by atoms with E-state index in [1.807, 2.05) is 13.8 Å². The van der Waals surface area contributed by atoms with E-state index in [1.165, 1.54) is 0 Å². The zero-order valence-electron chi connectivity index (χ0n) is 13.7. The van der Waals surface area contributed by atoms with Crippen LogP contribution in [0.15, 0.2) is 30.3 Å². The summed E-state index contributed by atoms with van der Waals surface area (Å²) >= 11 is 5.84. The van der Waals surface area contributed by atoms with Crippen LogP contribution in [0.2, 0.25) is 5.02 Å². The van der Waals surface area contributed by atoms with Gasteiger partial charge in [-0.05, 0) is 36.6 Å². The minimum absolute atomic E-state index is 0.250. The predicted molar refractivity (Wildman–Crippen MR) is 90.6 cm³/mol. The van der Waals surface area contributed by atoms with Crippen LogP contribution in [0.3, 0.4) is 0 Å². The van der Waals surface area contributed by atoms with Crippen molar-refractivity contribution < 1.29 is 9.90 Å². The molecule has 0 aliphatic rings. The SMILES string of the molecule is CC(C)c1cc(C(=O)NC(C)C(O)c2ccc(Cl)cc2)n(C)n1. The largest absolute Gasteiger partial charge is 0.386 e. The zero-order valence-corrected chi connectivity index (χ0v) is 14.5. The molecule has 2 atom stereocenters. The van der Waals surface area contributed by atoms with Crippen molar-refractivity contribution in [1.29, 1.82) is 0 Å². The van der Waals surface area contributed by atoms with Gasteiger partial charge in [0.25, 0.3) is 5.91 Å². The number of benzene rings is 1. The van der Waals surface area contributed by atoms with E-state index in [0.29, 0.717) is 16.3 Å². The Balaban J connectivity index is 2.08. The summed E-state index contributed by atoms with van der Waals surface area (Å²) in [6.45, 7) is 5.81. The van der Waals surface area contributed by atoms with Gasteiger partial charge in [0.05, 0.1) is 17.8 Å². The van der Waals surface area contributed by atoms with E-state index >= 15 is 0 Å². The Morgan fingerprint density at radius 3 is 2.39 bits per heavy atom. The van der Waals surface area contributed by atoms with Crippen LogP contribution in [0.1, 0.15) is 54.5 Å². The van der Waals surface area contributed by atoms with Crippen molar-refractivity contribution in [3.8, 4) is 0 Å². The first kappa shape index (κ1) is 17.5. The summed E-state index contributed by atoms with van der Waals surface area (Å²) in [4.78, 5) is 12.4. The lowest BCUT2D eigenvalue weighted by atomic mass is 10.0. The van der Waals surface area contributed by atoms with Gasteiger partial charge in [-0.2, -0.15) is 5.10 Å². The molecule has 1 heterocycles. The van der Waals surface area contributed by atoms with E-state index < -0.39 is 12.1 Å². The first-order valence-corrected chi connectivity index (χ1v) is 7.95. The van der Waals surface area contributed by atoms with Gasteiger partial charge in [0.15, 0.2) is 0 Å². The lowest BCUT2D eigenvalue weighted by Crippen LogP contribution is -2.37. The third kappa shape index (κ3) is 4.12. The van der Waals surface area contributed by atoms with Crippen LogP contribution in [0, 0.1) is 0 Å². The molecule has 0 saturated heterocycles. The number of aryl methyl sites for hydroxylation is 1. The van der Waals surface area contributed by atoms with E-state index in [1.54, 1.807) is 49.0 Å². The van der Waals surface area contributed by atoms with Gasteiger partial charge < -0.3 is 10.4 Å². The lowest BCUT2D eigenvalue weighted by Gasteiger charge is -2.20. The summed E-state index contributed by atoms with van der Waals surface area (Å²) in [5.41, 5.74) is 2.04. The highest BCUT2D eigenvalue weighted by Crippen LogP contribution is 2.20. The number of nitrogens with one attached hydrogen (secondary N) is 1. The number of hydrogen-bond acceptors (Lipinski definition) is 3. The van der Waals surface area contributed by atoms with Gasteiger partial charge in [-0.15, -0.1) is 0 Å². The zero-order chi connectivity index (χ0) is 17.1. The second-order valence-electron chi connectivity index (χ2n) is 5.99. The quantitative estimate of drug-likeness (QED) is 0.882. The van der Waals surface area contributed by atoms with Gasteiger partial charge in [-0.25, -0.2) is 0 Å². The summed E-state index contributed by atoms with van der Waals surface area (Å²) in [6.07, 6.45) is -0.811. The van der Waals surface area contributed by atoms with Crippen LogP contribution in [0.4, 0.5) is 0 Å². The molecule has 0 bridgehead atoms. The molecule has 2 N–H and O–H groups in total. The van der Waals surface area contributed by atoms with Crippen molar-refractivity contribution in [3.63, 3.8) is 0 Å². The minimum atomic E-state index is -0.811. The third-order valence-corrected chi connectivity index (χ3v) is 4.02. The minimum Gasteiger partial charge on any atom is -0.386 e. The molecule has 0 radical (unpaired) electrons. The Bertz CT molecular complexity index is 680. The van der Waals surface area contributed by atoms with Gasteiger partial charge in [0, 0.05) is 12.1 Å². The Morgan fingerprint density at radius 2 is 1.87 bits per heavy atom. The maximum Gasteiger partial charge on any atom is 0.269 e. The molecule has 6 heteroatoms. The fourth-order valence-electron chi connectivity index (χ4n) is 2.29. The summed E-state index contributed by atoms with van der Waals surface area (Å²) < 4.78 is 1.56. The van der Waals surface area contributed by atoms with E-state index in [4.69, 9.17) is 11.6 Å². The first-order chi connectivity index (χ1) is 10.8. The number of aliphatic hydroxyl groups excluding tert-OH is 1. The first-order valence-electron chi connectivity index (χ1n) is 7.58. The van der Waals surface area contributed by atoms with Crippen molar-refractivity contribution in [1.82, 2.24) is 15.1 Å². The molecule has 23 heavy (non-hydrogen) atoms. The number of carbonyl (C=O) groups is 1. The molecule has 1 aromatic heterocycles. The second kappa shape index (κ2) is 7.15. The molecule has 1 amide bonds. The van der Waals surface area contributed by atoms with E-state index in [-0.39, 0.29) is 11.8 Å². The van der Waals surface area contributed by atoms with Crippen molar-refractivity contribution >= 4 is 17.5 Å². The smallest absolute Gasteiger partial charge is 0.269 e. The van der Waals surface area contributed by atoms with Gasteiger partial charge in [0.2, 0.25) is 0 Å². The van der Waals surface area contributed by atoms with Gasteiger partial charge in [-0.3, -0.25) is 9.48 Å². The second-order valence-corrected chi connectivity index (χ2v) is 6.43. The number of nitrogens with zero attached hydrogens (tertiary/aromatic N) is 2. The van der Waals surface area contributed by atoms with Crippen molar-refractivity contribution in [2.75, 3.05) is 0 Å². The maximum absolute atomic E-state index is 12.4. The van der Waals surface area contributed by atoms with Crippen LogP contribution in [-0.4, -0.2) is 26.8 Å². The molecule has 2 unspecified atom stereocenters. The summed E-state index contributed by atoms with van der Waals surface area (Å²) in [5, 5.41) is 18.1. The molecular weight excluding hydrogens is 314 g/mol. The average Bonchev–Trinajstić information content (AvgIpc) is 2.89. The molecule has 0 saturated carbocycles. The summed E-state index contributed by atoms with van der Waals surface area (Å²) in [7, 11) is 1.74. The molecule has 0 fully saturated rings. The standard InChI is InChI=1S/C17H22ClN3O2/c1-10(2)14-9-15(21(4)20-14)17(23)19-11(3)16(22)12-5-7-13(18)8-6-12/h5-11,16,22H,1-4H3,(H,19,23). The van der Waals surface area contributed by atoms with Crippen LogP contribution < -0.4 is 5.32 Å². The number of halogens is 1. The number of carbonyl (C=O) groups excluding carboxylic acids is 1. The molecule has 2 rings (SSSR count). The van der Waals surface area contributed by atoms with Crippen LogP contribution in [-0.2, 0) is 7.05 Å². The Kier molecular flexibility index (Phi) is 5.44. The topological polar surface area (TPSA) is 67.2 Å². The van der Waals surface area contributed by atoms with Crippen molar-refractivity contribution in [2.24, 2.45) is 7.05 Å². The van der Waals surface area contributed by atoms with E-state index in [0.717, 1.165) is 5.69 Å². The normalized spacial score (nSPS) is 13.9. The number of amides is 1. The van der Waals surface area contributed by atoms with Crippen LogP contribution in [0.25, 0.3) is 0 Å². The summed E-state index contributed by atoms with van der Waals surface area (Å²) in [6, 6.07) is 8.25. The highest BCUT2D eigenvalue weighted by atomic mass is 35.5. The average molecular weight is 336 g/mol. The number of aliphatic hydroxyl groups is 1. The Morgan fingerprint density at radius 1 is 1.26 bits per heavy atom. The van der Waals surface area contributed by atoms with E-state index in [9.17, 15) is 9.90 Å². The third-order valence-electron chi connectivity index (χ3n) is 3.77. The Hall–Kier alpha value is -1.85. The number of aromatic nitrogens is 2. The molecule has 5 nitrogen and oxygen atoms in total. The van der Waals surface area contributed by atoms with E-state index in [2.05, 4.69) is 10.4 Å². The molecule has 0 aliphatic carbocycles. The van der Waals surface area contributed by atoms with Crippen molar-refractivity contribution in [2.45, 2.75) is 38.8 Å². The van der Waals surface area contributed by atoms with Gasteiger partial charge in [-0.1, -0.05) is 37.6 Å². The van der Waals surface area contributed by atoms with Crippen LogP contribution in [0.5, 0.6) is 0 Å². The molecular formula is C17H22ClN3O2. The lowest BCUT2D eigenvalue weighted by molar-refractivity contribution is 0.0843.